The van der Waals surface area contributed by atoms with Gasteiger partial charge in [0.1, 0.15) is 5.82 Å². The Kier molecular flexibility index (Phi) is 2.79. The molecule has 104 valence electrons. The van der Waals surface area contributed by atoms with Crippen molar-refractivity contribution in [2.24, 2.45) is 5.84 Å². The molecular formula is C16H15N5. The molecule has 0 saturated heterocycles. The molecule has 0 amide bonds. The van der Waals surface area contributed by atoms with E-state index >= 15 is 0 Å². The van der Waals surface area contributed by atoms with Crippen LogP contribution in [0, 0.1) is 0 Å². The highest BCUT2D eigenvalue weighted by atomic mass is 15.3. The second kappa shape index (κ2) is 4.79. The van der Waals surface area contributed by atoms with Gasteiger partial charge in [-0.2, -0.15) is 0 Å². The van der Waals surface area contributed by atoms with E-state index in [0.29, 0.717) is 5.82 Å². The molecule has 2 aromatic heterocycles. The van der Waals surface area contributed by atoms with Gasteiger partial charge >= 0.3 is 0 Å². The Morgan fingerprint density at radius 1 is 1.05 bits per heavy atom. The normalized spacial score (nSPS) is 13.4. The van der Waals surface area contributed by atoms with Crippen molar-refractivity contribution >= 4 is 16.6 Å². The number of hydrogen-bond acceptors (Lipinski definition) is 5. The molecule has 3 aromatic rings. The van der Waals surface area contributed by atoms with Crippen LogP contribution in [-0.2, 0) is 12.8 Å². The van der Waals surface area contributed by atoms with E-state index in [1.807, 2.05) is 30.6 Å². The van der Waals surface area contributed by atoms with Crippen LogP contribution in [-0.4, -0.2) is 15.0 Å². The molecule has 1 aliphatic carbocycles. The molecule has 1 aliphatic rings. The third-order valence-electron chi connectivity index (χ3n) is 3.98. The first-order valence-electron chi connectivity index (χ1n) is 7.06. The molecule has 0 spiro atoms. The standard InChI is InChI=1S/C16H15N5/c17-21-16-12-6-3-7-14(12)19-15(20-16)13-9-18-8-10-4-1-2-5-11(10)13/h1-2,4-5,8-9H,3,6-7,17H2,(H,19,20,21). The van der Waals surface area contributed by atoms with Gasteiger partial charge in [-0.15, -0.1) is 0 Å². The largest absolute Gasteiger partial charge is 0.308 e. The number of nitrogens with zero attached hydrogens (tertiary/aromatic N) is 3. The summed E-state index contributed by atoms with van der Waals surface area (Å²) in [5, 5.41) is 2.19. The van der Waals surface area contributed by atoms with Crippen molar-refractivity contribution < 1.29 is 0 Å². The van der Waals surface area contributed by atoms with Gasteiger partial charge in [0.15, 0.2) is 5.82 Å². The van der Waals surface area contributed by atoms with Crippen LogP contribution in [0.4, 0.5) is 5.82 Å². The van der Waals surface area contributed by atoms with Crippen LogP contribution in [0.2, 0.25) is 0 Å². The fourth-order valence-electron chi connectivity index (χ4n) is 2.97. The van der Waals surface area contributed by atoms with E-state index in [2.05, 4.69) is 21.5 Å². The van der Waals surface area contributed by atoms with Crippen LogP contribution < -0.4 is 11.3 Å². The lowest BCUT2D eigenvalue weighted by Crippen LogP contribution is -2.13. The molecule has 21 heavy (non-hydrogen) atoms. The van der Waals surface area contributed by atoms with Gasteiger partial charge in [-0.05, 0) is 24.6 Å². The maximum absolute atomic E-state index is 5.63. The first-order valence-corrected chi connectivity index (χ1v) is 7.06. The number of benzene rings is 1. The lowest BCUT2D eigenvalue weighted by atomic mass is 10.1. The van der Waals surface area contributed by atoms with Crippen LogP contribution in [0.25, 0.3) is 22.2 Å². The number of nitrogen functional groups attached to an aromatic ring is 1. The predicted octanol–water partition coefficient (Wildman–Crippen LogP) is 2.47. The van der Waals surface area contributed by atoms with Gasteiger partial charge in [-0.25, -0.2) is 15.8 Å². The van der Waals surface area contributed by atoms with Crippen LogP contribution >= 0.6 is 0 Å². The predicted molar refractivity (Wildman–Crippen MR) is 82.6 cm³/mol. The van der Waals surface area contributed by atoms with E-state index in [4.69, 9.17) is 10.8 Å². The number of hydrogen-bond donors (Lipinski definition) is 2. The molecule has 0 atom stereocenters. The smallest absolute Gasteiger partial charge is 0.164 e. The monoisotopic (exact) mass is 277 g/mol. The van der Waals surface area contributed by atoms with Gasteiger partial charge in [0, 0.05) is 34.6 Å². The topological polar surface area (TPSA) is 76.7 Å². The number of aryl methyl sites for hydroxylation is 1. The Labute approximate surface area is 122 Å². The van der Waals surface area contributed by atoms with Crippen molar-refractivity contribution in [1.29, 1.82) is 0 Å². The molecule has 2 heterocycles. The average Bonchev–Trinajstić information content (AvgIpc) is 3.02. The molecule has 0 unspecified atom stereocenters. The summed E-state index contributed by atoms with van der Waals surface area (Å²) in [6.07, 6.45) is 6.75. The Balaban J connectivity index is 1.97. The zero-order valence-corrected chi connectivity index (χ0v) is 11.5. The molecule has 0 aliphatic heterocycles. The summed E-state index contributed by atoms with van der Waals surface area (Å²) in [4.78, 5) is 13.6. The summed E-state index contributed by atoms with van der Waals surface area (Å²) in [7, 11) is 0. The van der Waals surface area contributed by atoms with Crippen LogP contribution in [0.5, 0.6) is 0 Å². The summed E-state index contributed by atoms with van der Waals surface area (Å²) in [6, 6.07) is 8.13. The van der Waals surface area contributed by atoms with E-state index in [1.54, 1.807) is 0 Å². The summed E-state index contributed by atoms with van der Waals surface area (Å²) < 4.78 is 0. The van der Waals surface area contributed by atoms with Crippen molar-refractivity contribution in [3.8, 4) is 11.4 Å². The third kappa shape index (κ3) is 1.94. The highest BCUT2D eigenvalue weighted by Crippen LogP contribution is 2.31. The summed E-state index contributed by atoms with van der Waals surface area (Å²) in [6.45, 7) is 0. The van der Waals surface area contributed by atoms with Crippen LogP contribution in [0.1, 0.15) is 17.7 Å². The van der Waals surface area contributed by atoms with Crippen LogP contribution in [0.3, 0.4) is 0 Å². The summed E-state index contributed by atoms with van der Waals surface area (Å²) in [5.41, 5.74) is 5.90. The minimum atomic E-state index is 0.688. The summed E-state index contributed by atoms with van der Waals surface area (Å²) >= 11 is 0. The molecule has 5 heteroatoms. The van der Waals surface area contributed by atoms with Gasteiger partial charge in [-0.1, -0.05) is 24.3 Å². The summed E-state index contributed by atoms with van der Waals surface area (Å²) in [5.74, 6) is 7.05. The molecule has 3 N–H and O–H groups in total. The lowest BCUT2D eigenvalue weighted by molar-refractivity contribution is 0.900. The van der Waals surface area contributed by atoms with Crippen LogP contribution in [0.15, 0.2) is 36.7 Å². The second-order valence-corrected chi connectivity index (χ2v) is 5.23. The van der Waals surface area contributed by atoms with Gasteiger partial charge < -0.3 is 5.43 Å². The fraction of sp³-hybridized carbons (Fsp3) is 0.188. The maximum atomic E-state index is 5.63. The van der Waals surface area contributed by atoms with E-state index < -0.39 is 0 Å². The minimum absolute atomic E-state index is 0.688. The molecule has 5 nitrogen and oxygen atoms in total. The number of fused-ring (bicyclic) bond motifs is 2. The zero-order valence-electron chi connectivity index (χ0n) is 11.5. The molecule has 0 saturated carbocycles. The van der Waals surface area contributed by atoms with E-state index in [0.717, 1.165) is 52.7 Å². The van der Waals surface area contributed by atoms with Crippen molar-refractivity contribution in [2.45, 2.75) is 19.3 Å². The Hall–Kier alpha value is -2.53. The Morgan fingerprint density at radius 3 is 2.86 bits per heavy atom. The lowest BCUT2D eigenvalue weighted by Gasteiger charge is -2.10. The first kappa shape index (κ1) is 12.2. The second-order valence-electron chi connectivity index (χ2n) is 5.23. The van der Waals surface area contributed by atoms with Crippen molar-refractivity contribution in [3.05, 3.63) is 47.9 Å². The number of aromatic nitrogens is 3. The van der Waals surface area contributed by atoms with Gasteiger partial charge in [-0.3, -0.25) is 4.98 Å². The number of nitrogens with two attached hydrogens (primary N) is 1. The number of nitrogens with one attached hydrogen (secondary N) is 1. The SMILES string of the molecule is NNc1nc(-c2cncc3ccccc23)nc2c1CCC2. The molecular weight excluding hydrogens is 262 g/mol. The maximum Gasteiger partial charge on any atom is 0.164 e. The number of rotatable bonds is 2. The molecule has 0 bridgehead atoms. The minimum Gasteiger partial charge on any atom is -0.308 e. The highest BCUT2D eigenvalue weighted by Gasteiger charge is 2.20. The van der Waals surface area contributed by atoms with E-state index in [9.17, 15) is 0 Å². The van der Waals surface area contributed by atoms with Gasteiger partial charge in [0.05, 0.1) is 0 Å². The van der Waals surface area contributed by atoms with Crippen molar-refractivity contribution in [1.82, 2.24) is 15.0 Å². The Morgan fingerprint density at radius 2 is 1.95 bits per heavy atom. The number of pyridine rings is 1. The van der Waals surface area contributed by atoms with Gasteiger partial charge in [0.2, 0.25) is 0 Å². The van der Waals surface area contributed by atoms with Crippen molar-refractivity contribution in [3.63, 3.8) is 0 Å². The average molecular weight is 277 g/mol. The fourth-order valence-corrected chi connectivity index (χ4v) is 2.97. The number of anilines is 1. The quantitative estimate of drug-likeness (QED) is 0.556. The number of hydrazine groups is 1. The molecule has 0 radical (unpaired) electrons. The Bertz CT molecular complexity index is 823. The highest BCUT2D eigenvalue weighted by molar-refractivity contribution is 5.94. The van der Waals surface area contributed by atoms with Crippen molar-refractivity contribution in [2.75, 3.05) is 5.43 Å². The third-order valence-corrected chi connectivity index (χ3v) is 3.98. The first-order chi connectivity index (χ1) is 10.4. The van der Waals surface area contributed by atoms with Gasteiger partial charge in [0.25, 0.3) is 0 Å². The zero-order chi connectivity index (χ0) is 14.2. The molecule has 0 fully saturated rings. The van der Waals surface area contributed by atoms with E-state index in [1.165, 1.54) is 0 Å². The molecule has 4 rings (SSSR count). The van der Waals surface area contributed by atoms with E-state index in [-0.39, 0.29) is 0 Å². The molecule has 1 aromatic carbocycles.